The topological polar surface area (TPSA) is 26.3 Å². The van der Waals surface area contributed by atoms with Crippen LogP contribution in [-0.4, -0.2) is 12.4 Å². The first kappa shape index (κ1) is 8.31. The number of allylic oxidation sites excluding steroid dienone is 1. The number of ether oxygens (including phenoxy) is 1. The predicted octanol–water partition coefficient (Wildman–Crippen LogP) is 1.91. The van der Waals surface area contributed by atoms with Crippen LogP contribution in [0.4, 0.5) is 0 Å². The molecular weight excluding hydrogens is 140 g/mol. The Balaban J connectivity index is 2.10. The first-order valence-electron chi connectivity index (χ1n) is 4.03. The maximum Gasteiger partial charge on any atom is 0.193 e. The second-order valence-electron chi connectivity index (χ2n) is 3.09. The molecule has 0 saturated heterocycles. The van der Waals surface area contributed by atoms with Crippen LogP contribution < -0.4 is 0 Å². The molecule has 0 unspecified atom stereocenters. The maximum atomic E-state index is 10.6. The molecule has 1 fully saturated rings. The molecule has 0 bridgehead atoms. The molecule has 0 aromatic carbocycles. The fourth-order valence-corrected chi connectivity index (χ4v) is 0.980. The van der Waals surface area contributed by atoms with Gasteiger partial charge in [-0.3, -0.25) is 4.79 Å². The molecular formula is C9H14O2. The summed E-state index contributed by atoms with van der Waals surface area (Å²) in [5, 5.41) is 0. The van der Waals surface area contributed by atoms with Gasteiger partial charge in [0.1, 0.15) is 0 Å². The van der Waals surface area contributed by atoms with Crippen LogP contribution >= 0.6 is 0 Å². The minimum Gasteiger partial charge on any atom is -0.490 e. The van der Waals surface area contributed by atoms with Crippen LogP contribution in [0.15, 0.2) is 12.3 Å². The first-order chi connectivity index (χ1) is 5.20. The summed E-state index contributed by atoms with van der Waals surface area (Å²) < 4.78 is 5.16. The molecule has 0 aromatic rings. The van der Waals surface area contributed by atoms with Crippen molar-refractivity contribution in [3.63, 3.8) is 0 Å². The Kier molecular flexibility index (Phi) is 2.69. The fourth-order valence-electron chi connectivity index (χ4n) is 0.980. The van der Waals surface area contributed by atoms with E-state index in [1.807, 2.05) is 0 Å². The lowest BCUT2D eigenvalue weighted by molar-refractivity contribution is -0.117. The Labute approximate surface area is 67.2 Å². The number of carbonyl (C=O) groups excluding carboxylic acids is 1. The molecule has 0 spiro atoms. The van der Waals surface area contributed by atoms with E-state index in [2.05, 4.69) is 6.58 Å². The molecule has 0 N–H and O–H groups in total. The van der Waals surface area contributed by atoms with E-state index < -0.39 is 0 Å². The lowest BCUT2D eigenvalue weighted by atomic mass is 9.86. The lowest BCUT2D eigenvalue weighted by Crippen LogP contribution is -2.18. The average Bonchev–Trinajstić information content (AvgIpc) is 1.83. The highest BCUT2D eigenvalue weighted by molar-refractivity contribution is 5.90. The Morgan fingerprint density at radius 1 is 1.64 bits per heavy atom. The van der Waals surface area contributed by atoms with Gasteiger partial charge in [-0.15, -0.1) is 0 Å². The minimum absolute atomic E-state index is 0.0654. The number of hydrogen-bond donors (Lipinski definition) is 0. The minimum atomic E-state index is -0.0654. The predicted molar refractivity (Wildman–Crippen MR) is 43.1 cm³/mol. The molecule has 11 heavy (non-hydrogen) atoms. The van der Waals surface area contributed by atoms with Crippen LogP contribution in [0.5, 0.6) is 0 Å². The van der Waals surface area contributed by atoms with Gasteiger partial charge < -0.3 is 4.74 Å². The van der Waals surface area contributed by atoms with Crippen LogP contribution in [0.1, 0.15) is 26.2 Å². The van der Waals surface area contributed by atoms with Gasteiger partial charge >= 0.3 is 0 Å². The van der Waals surface area contributed by atoms with Crippen molar-refractivity contribution in [1.29, 1.82) is 0 Å². The van der Waals surface area contributed by atoms with Gasteiger partial charge in [0.2, 0.25) is 0 Å². The monoisotopic (exact) mass is 154 g/mol. The highest BCUT2D eigenvalue weighted by Gasteiger charge is 2.18. The van der Waals surface area contributed by atoms with Crippen molar-refractivity contribution in [1.82, 2.24) is 0 Å². The molecule has 2 nitrogen and oxygen atoms in total. The summed E-state index contributed by atoms with van der Waals surface area (Å²) in [6.07, 6.45) is 3.79. The highest BCUT2D eigenvalue weighted by atomic mass is 16.5. The van der Waals surface area contributed by atoms with Crippen molar-refractivity contribution in [2.75, 3.05) is 6.61 Å². The second kappa shape index (κ2) is 3.56. The van der Waals surface area contributed by atoms with E-state index in [0.29, 0.717) is 18.3 Å². The molecule has 0 radical (unpaired) electrons. The van der Waals surface area contributed by atoms with Crippen molar-refractivity contribution >= 4 is 5.78 Å². The molecule has 1 rings (SSSR count). The number of rotatable bonds is 4. The van der Waals surface area contributed by atoms with Crippen LogP contribution in [0, 0.1) is 5.92 Å². The van der Waals surface area contributed by atoms with Gasteiger partial charge in [-0.1, -0.05) is 13.0 Å². The molecule has 62 valence electrons. The van der Waals surface area contributed by atoms with Crippen LogP contribution in [0.2, 0.25) is 0 Å². The fraction of sp³-hybridized carbons (Fsp3) is 0.667. The number of carbonyl (C=O) groups is 1. The van der Waals surface area contributed by atoms with Crippen LogP contribution in [0.3, 0.4) is 0 Å². The third kappa shape index (κ3) is 2.37. The van der Waals surface area contributed by atoms with Gasteiger partial charge in [0.05, 0.1) is 6.61 Å². The summed E-state index contributed by atoms with van der Waals surface area (Å²) in [7, 11) is 0. The average molecular weight is 154 g/mol. The molecule has 1 aliphatic carbocycles. The summed E-state index contributed by atoms with van der Waals surface area (Å²) in [6, 6.07) is 0. The van der Waals surface area contributed by atoms with Crippen molar-refractivity contribution < 1.29 is 9.53 Å². The maximum absolute atomic E-state index is 10.6. The summed E-state index contributed by atoms with van der Waals surface area (Å²) in [4.78, 5) is 10.6. The van der Waals surface area contributed by atoms with Gasteiger partial charge in [-0.05, 0) is 18.8 Å². The summed E-state index contributed by atoms with van der Waals surface area (Å²) >= 11 is 0. The van der Waals surface area contributed by atoms with E-state index in [1.54, 1.807) is 0 Å². The first-order valence-corrected chi connectivity index (χ1v) is 4.03. The van der Waals surface area contributed by atoms with E-state index in [0.717, 1.165) is 0 Å². The summed E-state index contributed by atoms with van der Waals surface area (Å²) in [5.74, 6) is 0.910. The molecule has 0 heterocycles. The Hall–Kier alpha value is -0.790. The van der Waals surface area contributed by atoms with E-state index in [1.165, 1.54) is 26.2 Å². The van der Waals surface area contributed by atoms with E-state index in [-0.39, 0.29) is 5.78 Å². The zero-order chi connectivity index (χ0) is 8.27. The molecule has 2 heteroatoms. The van der Waals surface area contributed by atoms with Gasteiger partial charge in [0.25, 0.3) is 0 Å². The molecule has 0 aromatic heterocycles. The van der Waals surface area contributed by atoms with Crippen molar-refractivity contribution in [3.05, 3.63) is 12.3 Å². The Morgan fingerprint density at radius 2 is 2.27 bits per heavy atom. The van der Waals surface area contributed by atoms with Crippen LogP contribution in [0.25, 0.3) is 0 Å². The SMILES string of the molecule is C=C(OCC1CCC1)C(C)=O. The lowest BCUT2D eigenvalue weighted by Gasteiger charge is -2.25. The number of ketones is 1. The third-order valence-electron chi connectivity index (χ3n) is 2.11. The van der Waals surface area contributed by atoms with Crippen LogP contribution in [-0.2, 0) is 9.53 Å². The second-order valence-corrected chi connectivity index (χ2v) is 3.09. The third-order valence-corrected chi connectivity index (χ3v) is 2.11. The molecule has 1 aliphatic rings. The van der Waals surface area contributed by atoms with E-state index in [9.17, 15) is 4.79 Å². The smallest absolute Gasteiger partial charge is 0.193 e. The highest BCUT2D eigenvalue weighted by Crippen LogP contribution is 2.26. The molecule has 0 atom stereocenters. The van der Waals surface area contributed by atoms with Gasteiger partial charge in [0, 0.05) is 6.92 Å². The van der Waals surface area contributed by atoms with Crippen molar-refractivity contribution in [2.24, 2.45) is 5.92 Å². The number of hydrogen-bond acceptors (Lipinski definition) is 2. The number of Topliss-reactive ketones (excluding diaryl/α,β-unsaturated/α-hetero) is 1. The van der Waals surface area contributed by atoms with E-state index in [4.69, 9.17) is 4.74 Å². The standard InChI is InChI=1S/C9H14O2/c1-7(10)8(2)11-6-9-4-3-5-9/h9H,2-6H2,1H3. The van der Waals surface area contributed by atoms with E-state index >= 15 is 0 Å². The zero-order valence-corrected chi connectivity index (χ0v) is 6.93. The Bertz CT molecular complexity index is 168. The van der Waals surface area contributed by atoms with Gasteiger partial charge in [-0.2, -0.15) is 0 Å². The van der Waals surface area contributed by atoms with Crippen molar-refractivity contribution in [2.45, 2.75) is 26.2 Å². The quantitative estimate of drug-likeness (QED) is 0.456. The molecule has 0 aliphatic heterocycles. The Morgan fingerprint density at radius 3 is 2.64 bits per heavy atom. The summed E-state index contributed by atoms with van der Waals surface area (Å²) in [5.41, 5.74) is 0. The molecule has 1 saturated carbocycles. The van der Waals surface area contributed by atoms with Gasteiger partial charge in [-0.25, -0.2) is 0 Å². The zero-order valence-electron chi connectivity index (χ0n) is 6.93. The van der Waals surface area contributed by atoms with Gasteiger partial charge in [0.15, 0.2) is 11.5 Å². The van der Waals surface area contributed by atoms with Crippen molar-refractivity contribution in [3.8, 4) is 0 Å². The molecule has 0 amide bonds. The largest absolute Gasteiger partial charge is 0.490 e. The summed E-state index contributed by atoms with van der Waals surface area (Å²) in [6.45, 7) is 5.67. The normalized spacial score (nSPS) is 17.2.